The van der Waals surface area contributed by atoms with E-state index in [1.54, 1.807) is 0 Å². The van der Waals surface area contributed by atoms with Crippen LogP contribution in [0, 0.1) is 20.8 Å². The summed E-state index contributed by atoms with van der Waals surface area (Å²) in [5, 5.41) is 13.4. The van der Waals surface area contributed by atoms with Crippen molar-refractivity contribution in [2.24, 2.45) is 0 Å². The molecule has 1 aromatic heterocycles. The predicted molar refractivity (Wildman–Crippen MR) is 139 cm³/mol. The van der Waals surface area contributed by atoms with Crippen LogP contribution in [0.5, 0.6) is 0 Å². The van der Waals surface area contributed by atoms with Crippen LogP contribution in [0.2, 0.25) is 0 Å². The minimum Gasteiger partial charge on any atom is -0.478 e. The number of carbonyl (C=O) groups is 1. The lowest BCUT2D eigenvalue weighted by Crippen LogP contribution is -2.33. The van der Waals surface area contributed by atoms with E-state index in [-0.39, 0.29) is 0 Å². The first-order valence-corrected chi connectivity index (χ1v) is 12.2. The van der Waals surface area contributed by atoms with Crippen molar-refractivity contribution in [1.29, 1.82) is 0 Å². The fraction of sp³-hybridized carbons (Fsp3) is 0.414. The van der Waals surface area contributed by atoms with Gasteiger partial charge in [0.05, 0.1) is 5.56 Å². The van der Waals surface area contributed by atoms with Crippen molar-refractivity contribution in [1.82, 2.24) is 14.8 Å². The summed E-state index contributed by atoms with van der Waals surface area (Å²) in [5.41, 5.74) is 6.89. The summed E-state index contributed by atoms with van der Waals surface area (Å²) in [6.45, 7) is 14.5. The number of rotatable bonds is 12. The molecule has 0 saturated carbocycles. The molecular weight excluding hydrogens is 422 g/mol. The largest absolute Gasteiger partial charge is 0.478 e. The van der Waals surface area contributed by atoms with Crippen LogP contribution in [0.1, 0.15) is 64.3 Å². The molecule has 0 fully saturated rings. The lowest BCUT2D eigenvalue weighted by molar-refractivity contribution is 0.0694. The Hall–Kier alpha value is -2.89. The minimum absolute atomic E-state index is 0.436. The van der Waals surface area contributed by atoms with Gasteiger partial charge < -0.3 is 15.0 Å². The highest BCUT2D eigenvalue weighted by Gasteiger charge is 2.22. The molecule has 1 heterocycles. The normalized spacial score (nSPS) is 11.5. The summed E-state index contributed by atoms with van der Waals surface area (Å²) in [5.74, 6) is -0.853. The molecule has 5 heteroatoms. The number of benzene rings is 2. The van der Waals surface area contributed by atoms with Crippen molar-refractivity contribution in [3.63, 3.8) is 0 Å². The van der Waals surface area contributed by atoms with Gasteiger partial charge in [0.1, 0.15) is 0 Å². The molecule has 0 radical (unpaired) electrons. The lowest BCUT2D eigenvalue weighted by Gasteiger charge is -2.26. The van der Waals surface area contributed by atoms with E-state index in [0.29, 0.717) is 24.7 Å². The molecule has 0 atom stereocenters. The lowest BCUT2D eigenvalue weighted by atomic mass is 10.1. The van der Waals surface area contributed by atoms with Crippen LogP contribution in [0.3, 0.4) is 0 Å². The molecule has 2 N–H and O–H groups in total. The van der Waals surface area contributed by atoms with E-state index in [4.69, 9.17) is 0 Å². The summed E-state index contributed by atoms with van der Waals surface area (Å²) >= 11 is 0. The first kappa shape index (κ1) is 25.7. The Morgan fingerprint density at radius 2 is 1.71 bits per heavy atom. The van der Waals surface area contributed by atoms with Crippen LogP contribution in [-0.4, -0.2) is 39.7 Å². The standard InChI is InChI=1S/C29H39N3O2/c1-21(2)31(19-25-12-7-6-8-13-25)16-10-15-30-18-27-23(4)32(24(5)28(27)29(33)34)20-26-14-9-11-22(3)17-26/h6-9,11-14,17,21,30H,10,15-16,18-20H2,1-5H3,(H,33,34). The van der Waals surface area contributed by atoms with Gasteiger partial charge in [0.25, 0.3) is 0 Å². The predicted octanol–water partition coefficient (Wildman–Crippen LogP) is 5.55. The van der Waals surface area contributed by atoms with E-state index in [1.807, 2.05) is 13.8 Å². The second-order valence-corrected chi connectivity index (χ2v) is 9.48. The third-order valence-corrected chi connectivity index (χ3v) is 6.61. The average molecular weight is 462 g/mol. The summed E-state index contributed by atoms with van der Waals surface area (Å²) in [4.78, 5) is 14.6. The third kappa shape index (κ3) is 6.58. The number of aromatic nitrogens is 1. The van der Waals surface area contributed by atoms with Gasteiger partial charge in [-0.3, -0.25) is 4.90 Å². The molecule has 0 aliphatic carbocycles. The fourth-order valence-corrected chi connectivity index (χ4v) is 4.64. The zero-order valence-electron chi connectivity index (χ0n) is 21.3. The van der Waals surface area contributed by atoms with Gasteiger partial charge in [-0.15, -0.1) is 0 Å². The van der Waals surface area contributed by atoms with Gasteiger partial charge in [-0.05, 0) is 65.3 Å². The van der Waals surface area contributed by atoms with Crippen molar-refractivity contribution >= 4 is 5.97 Å². The zero-order valence-corrected chi connectivity index (χ0v) is 21.3. The van der Waals surface area contributed by atoms with E-state index in [0.717, 1.165) is 43.0 Å². The molecular formula is C29H39N3O2. The maximum atomic E-state index is 12.1. The number of nitrogens with one attached hydrogen (secondary N) is 1. The molecule has 0 spiro atoms. The Morgan fingerprint density at radius 3 is 2.35 bits per heavy atom. The average Bonchev–Trinajstić information content (AvgIpc) is 3.03. The first-order valence-electron chi connectivity index (χ1n) is 12.2. The van der Waals surface area contributed by atoms with E-state index < -0.39 is 5.97 Å². The van der Waals surface area contributed by atoms with Crippen LogP contribution in [-0.2, 0) is 19.6 Å². The highest BCUT2D eigenvalue weighted by molar-refractivity contribution is 5.91. The Kier molecular flexibility index (Phi) is 9.08. The molecule has 0 saturated heterocycles. The molecule has 182 valence electrons. The van der Waals surface area contributed by atoms with Gasteiger partial charge in [0.15, 0.2) is 0 Å². The molecule has 0 aliphatic rings. The van der Waals surface area contributed by atoms with Crippen LogP contribution < -0.4 is 5.32 Å². The summed E-state index contributed by atoms with van der Waals surface area (Å²) < 4.78 is 2.13. The summed E-state index contributed by atoms with van der Waals surface area (Å²) in [6.07, 6.45) is 1.01. The Labute approximate surface area is 204 Å². The number of hydrogen-bond acceptors (Lipinski definition) is 3. The van der Waals surface area contributed by atoms with Crippen molar-refractivity contribution in [2.75, 3.05) is 13.1 Å². The SMILES string of the molecule is Cc1cccc(Cn2c(C)c(CNCCCN(Cc3ccccc3)C(C)C)c(C(=O)O)c2C)c1. The van der Waals surface area contributed by atoms with Crippen LogP contribution in [0.25, 0.3) is 0 Å². The van der Waals surface area contributed by atoms with Gasteiger partial charge in [-0.1, -0.05) is 60.2 Å². The highest BCUT2D eigenvalue weighted by Crippen LogP contribution is 2.24. The monoisotopic (exact) mass is 461 g/mol. The number of aromatic carboxylic acids is 1. The maximum Gasteiger partial charge on any atom is 0.337 e. The van der Waals surface area contributed by atoms with Crippen molar-refractivity contribution < 1.29 is 9.90 Å². The fourth-order valence-electron chi connectivity index (χ4n) is 4.64. The third-order valence-electron chi connectivity index (χ3n) is 6.61. The quantitative estimate of drug-likeness (QED) is 0.347. The van der Waals surface area contributed by atoms with Crippen molar-refractivity contribution in [3.8, 4) is 0 Å². The molecule has 0 aliphatic heterocycles. The highest BCUT2D eigenvalue weighted by atomic mass is 16.4. The van der Waals surface area contributed by atoms with Crippen LogP contribution in [0.4, 0.5) is 0 Å². The smallest absolute Gasteiger partial charge is 0.337 e. The Morgan fingerprint density at radius 1 is 1.00 bits per heavy atom. The molecule has 0 unspecified atom stereocenters. The summed E-state index contributed by atoms with van der Waals surface area (Å²) in [6, 6.07) is 19.4. The maximum absolute atomic E-state index is 12.1. The van der Waals surface area contributed by atoms with E-state index >= 15 is 0 Å². The van der Waals surface area contributed by atoms with Gasteiger partial charge in [0.2, 0.25) is 0 Å². The van der Waals surface area contributed by atoms with Gasteiger partial charge in [0, 0.05) is 42.6 Å². The van der Waals surface area contributed by atoms with Crippen molar-refractivity contribution in [2.45, 2.75) is 66.7 Å². The summed E-state index contributed by atoms with van der Waals surface area (Å²) in [7, 11) is 0. The molecule has 5 nitrogen and oxygen atoms in total. The second-order valence-electron chi connectivity index (χ2n) is 9.48. The number of carboxylic acids is 1. The van der Waals surface area contributed by atoms with Gasteiger partial charge >= 0.3 is 5.97 Å². The zero-order chi connectivity index (χ0) is 24.7. The molecule has 3 aromatic rings. The molecule has 0 amide bonds. The molecule has 34 heavy (non-hydrogen) atoms. The van der Waals surface area contributed by atoms with Crippen LogP contribution in [0.15, 0.2) is 54.6 Å². The van der Waals surface area contributed by atoms with E-state index in [1.165, 1.54) is 16.7 Å². The molecule has 3 rings (SSSR count). The molecule has 0 bridgehead atoms. The number of carboxylic acid groups (broad SMARTS) is 1. The molecule has 2 aromatic carbocycles. The van der Waals surface area contributed by atoms with E-state index in [2.05, 4.69) is 90.2 Å². The number of hydrogen-bond donors (Lipinski definition) is 2. The van der Waals surface area contributed by atoms with Gasteiger partial charge in [-0.2, -0.15) is 0 Å². The second kappa shape index (κ2) is 12.0. The van der Waals surface area contributed by atoms with Crippen molar-refractivity contribution in [3.05, 3.63) is 93.8 Å². The minimum atomic E-state index is -0.853. The number of aryl methyl sites for hydroxylation is 1. The Bertz CT molecular complexity index is 1090. The van der Waals surface area contributed by atoms with E-state index in [9.17, 15) is 9.90 Å². The topological polar surface area (TPSA) is 57.5 Å². The Balaban J connectivity index is 1.62. The van der Waals surface area contributed by atoms with Crippen LogP contribution >= 0.6 is 0 Å². The first-order chi connectivity index (χ1) is 16.3. The number of nitrogens with zero attached hydrogens (tertiary/aromatic N) is 2. The van der Waals surface area contributed by atoms with Gasteiger partial charge in [-0.25, -0.2) is 4.79 Å².